The number of nitrogens with one attached hydrogen (secondary N) is 1. The zero-order valence-electron chi connectivity index (χ0n) is 10.6. The fraction of sp³-hybridized carbons (Fsp3) is 0.636. The lowest BCUT2D eigenvalue weighted by molar-refractivity contribution is 1.43. The highest BCUT2D eigenvalue weighted by Gasteiger charge is 1.63. The third-order valence-corrected chi connectivity index (χ3v) is 0.237. The van der Waals surface area contributed by atoms with E-state index in [-0.39, 0.29) is 5.84 Å². The van der Waals surface area contributed by atoms with Crippen LogP contribution in [0.5, 0.6) is 0 Å². The molecule has 0 fully saturated rings. The Labute approximate surface area is 85.3 Å². The summed E-state index contributed by atoms with van der Waals surface area (Å²) in [6.45, 7) is 22.7. The molecule has 0 aromatic heterocycles. The molecule has 0 aliphatic rings. The molecule has 1 N–H and O–H groups in total. The topological polar surface area (TPSA) is 36.2 Å². The number of nitrogens with zero attached hydrogens (tertiary/aromatic N) is 1. The first kappa shape index (κ1) is 29.6. The molecule has 0 unspecified atom stereocenters. The van der Waals surface area contributed by atoms with E-state index in [9.17, 15) is 0 Å². The number of hydrogen-bond donors (Lipinski definition) is 1. The molecule has 0 rings (SSSR count). The third kappa shape index (κ3) is 783. The summed E-state index contributed by atoms with van der Waals surface area (Å²) in [5, 5.41) is 6.51. The minimum atomic E-state index is 0.269. The van der Waals surface area contributed by atoms with Crippen LogP contribution in [0.3, 0.4) is 0 Å². The van der Waals surface area contributed by atoms with Gasteiger partial charge in [0.25, 0.3) is 0 Å². The monoisotopic (exact) mass is 188 g/mol. The molecule has 2 heteroatoms. The van der Waals surface area contributed by atoms with E-state index in [0.29, 0.717) is 0 Å². The van der Waals surface area contributed by atoms with Gasteiger partial charge in [-0.25, -0.2) is 0 Å². The molecule has 0 aromatic carbocycles. The van der Waals surface area contributed by atoms with Gasteiger partial charge < -0.3 is 0 Å². The van der Waals surface area contributed by atoms with Crippen LogP contribution in [0.25, 0.3) is 0 Å². The van der Waals surface area contributed by atoms with E-state index in [0.717, 1.165) is 0 Å². The fourth-order valence-corrected chi connectivity index (χ4v) is 0. The van der Waals surface area contributed by atoms with Crippen LogP contribution in [-0.2, 0) is 0 Å². The molecule has 0 bridgehead atoms. The lowest BCUT2D eigenvalue weighted by Gasteiger charge is -1.70. The van der Waals surface area contributed by atoms with Gasteiger partial charge in [0.15, 0.2) is 0 Å². The van der Waals surface area contributed by atoms with Crippen LogP contribution in [0.4, 0.5) is 0 Å². The van der Waals surface area contributed by atoms with E-state index in [1.165, 1.54) is 0 Å². The van der Waals surface area contributed by atoms with Crippen molar-refractivity contribution in [2.45, 2.75) is 48.5 Å². The standard InChI is InChI=1S/C3H6N2.3C2H6.C2H4/c1-3(4)5-2;4*1-2/h4H,2H2,1H3;3*1-2H3;1-2H2. The van der Waals surface area contributed by atoms with Crippen LogP contribution in [0.2, 0.25) is 0 Å². The lowest BCUT2D eigenvalue weighted by Crippen LogP contribution is -1.73. The first-order valence-electron chi connectivity index (χ1n) is 4.79. The second kappa shape index (κ2) is 119. The minimum absolute atomic E-state index is 0.269. The van der Waals surface area contributed by atoms with Crippen LogP contribution in [0.1, 0.15) is 48.5 Å². The normalized spacial score (nSPS) is 4.23. The maximum atomic E-state index is 6.51. The van der Waals surface area contributed by atoms with Gasteiger partial charge in [-0.1, -0.05) is 41.5 Å². The number of aliphatic imine (C=N–C) groups is 1. The van der Waals surface area contributed by atoms with Gasteiger partial charge in [-0.2, -0.15) is 0 Å². The number of amidine groups is 1. The summed E-state index contributed by atoms with van der Waals surface area (Å²) in [6.07, 6.45) is 0. The molecular formula is C11H28N2. The Morgan fingerprint density at radius 2 is 1.00 bits per heavy atom. The fourth-order valence-electron chi connectivity index (χ4n) is 0. The maximum Gasteiger partial charge on any atom is 0.116 e. The maximum absolute atomic E-state index is 6.51. The first-order valence-corrected chi connectivity index (χ1v) is 4.79. The van der Waals surface area contributed by atoms with Crippen molar-refractivity contribution < 1.29 is 0 Å². The quantitative estimate of drug-likeness (QED) is 0.328. The average Bonchev–Trinajstić information content (AvgIpc) is 2.29. The highest BCUT2D eigenvalue weighted by atomic mass is 14.8. The predicted octanol–water partition coefficient (Wildman–Crippen LogP) is 4.56. The molecule has 2 nitrogen and oxygen atoms in total. The Kier molecular flexibility index (Phi) is 270. The van der Waals surface area contributed by atoms with Crippen LogP contribution in [-0.4, -0.2) is 12.6 Å². The van der Waals surface area contributed by atoms with Crippen LogP contribution < -0.4 is 0 Å². The van der Waals surface area contributed by atoms with Gasteiger partial charge in [0, 0.05) is 0 Å². The van der Waals surface area contributed by atoms with Gasteiger partial charge in [-0.15, -0.1) is 13.2 Å². The molecule has 0 aromatic rings. The summed E-state index contributed by atoms with van der Waals surface area (Å²) in [4.78, 5) is 3.22. The van der Waals surface area contributed by atoms with Gasteiger partial charge in [-0.05, 0) is 13.6 Å². The van der Waals surface area contributed by atoms with Crippen molar-refractivity contribution in [3.63, 3.8) is 0 Å². The summed E-state index contributed by atoms with van der Waals surface area (Å²) in [5.41, 5.74) is 0. The van der Waals surface area contributed by atoms with E-state index >= 15 is 0 Å². The Morgan fingerprint density at radius 1 is 0.923 bits per heavy atom. The zero-order valence-corrected chi connectivity index (χ0v) is 10.6. The van der Waals surface area contributed by atoms with Crippen molar-refractivity contribution >= 4 is 12.6 Å². The molecule has 0 atom stereocenters. The van der Waals surface area contributed by atoms with Crippen LogP contribution >= 0.6 is 0 Å². The summed E-state index contributed by atoms with van der Waals surface area (Å²) in [5.74, 6) is 0.269. The largest absolute Gasteiger partial charge is 0.287 e. The summed E-state index contributed by atoms with van der Waals surface area (Å²) in [6, 6.07) is 0. The summed E-state index contributed by atoms with van der Waals surface area (Å²) < 4.78 is 0. The highest BCUT2D eigenvalue weighted by Crippen LogP contribution is 1.60. The predicted molar refractivity (Wildman–Crippen MR) is 68.2 cm³/mol. The molecule has 0 amide bonds. The van der Waals surface area contributed by atoms with Gasteiger partial charge in [0.1, 0.15) is 5.84 Å². The van der Waals surface area contributed by atoms with Crippen molar-refractivity contribution in [3.8, 4) is 0 Å². The Balaban J connectivity index is -0.0000000230. The summed E-state index contributed by atoms with van der Waals surface area (Å²) in [7, 11) is 0. The number of hydrogen-bond acceptors (Lipinski definition) is 1. The van der Waals surface area contributed by atoms with Crippen molar-refractivity contribution in [1.82, 2.24) is 0 Å². The van der Waals surface area contributed by atoms with E-state index in [4.69, 9.17) is 5.41 Å². The molecule has 0 saturated carbocycles. The SMILES string of the molecule is C=C.C=NC(C)=N.CC.CC.CC. The number of rotatable bonds is 0. The van der Waals surface area contributed by atoms with Gasteiger partial charge >= 0.3 is 0 Å². The Hall–Kier alpha value is -0.920. The second-order valence-electron chi connectivity index (χ2n) is 0.744. The molecule has 0 aliphatic carbocycles. The van der Waals surface area contributed by atoms with E-state index in [1.807, 2.05) is 41.5 Å². The zero-order chi connectivity index (χ0) is 12.3. The summed E-state index contributed by atoms with van der Waals surface area (Å²) >= 11 is 0. The second-order valence-corrected chi connectivity index (χ2v) is 0.744. The average molecular weight is 188 g/mol. The Bertz CT molecular complexity index is 68.5. The van der Waals surface area contributed by atoms with E-state index in [1.54, 1.807) is 6.92 Å². The van der Waals surface area contributed by atoms with Crippen molar-refractivity contribution in [2.75, 3.05) is 0 Å². The molecule has 13 heavy (non-hydrogen) atoms. The van der Waals surface area contributed by atoms with Gasteiger partial charge in [0.05, 0.1) is 0 Å². The van der Waals surface area contributed by atoms with Crippen molar-refractivity contribution in [3.05, 3.63) is 13.2 Å². The van der Waals surface area contributed by atoms with Crippen molar-refractivity contribution in [1.29, 1.82) is 5.41 Å². The van der Waals surface area contributed by atoms with Crippen LogP contribution in [0, 0.1) is 5.41 Å². The molecule has 0 saturated heterocycles. The van der Waals surface area contributed by atoms with E-state index < -0.39 is 0 Å². The molecule has 0 radical (unpaired) electrons. The van der Waals surface area contributed by atoms with Gasteiger partial charge in [-0.3, -0.25) is 10.4 Å². The molecule has 0 heterocycles. The third-order valence-electron chi connectivity index (χ3n) is 0.237. The molecule has 0 aliphatic heterocycles. The first-order chi connectivity index (χ1) is 6.27. The van der Waals surface area contributed by atoms with Gasteiger partial charge in [0.2, 0.25) is 0 Å². The van der Waals surface area contributed by atoms with E-state index in [2.05, 4.69) is 24.9 Å². The molecular weight excluding hydrogens is 160 g/mol. The molecule has 0 spiro atoms. The Morgan fingerprint density at radius 3 is 1.00 bits per heavy atom. The highest BCUT2D eigenvalue weighted by molar-refractivity contribution is 5.80. The lowest BCUT2D eigenvalue weighted by atomic mass is 10.7. The smallest absolute Gasteiger partial charge is 0.116 e. The molecule has 82 valence electrons. The minimum Gasteiger partial charge on any atom is -0.287 e. The van der Waals surface area contributed by atoms with Crippen LogP contribution in [0.15, 0.2) is 18.2 Å². The van der Waals surface area contributed by atoms with Crippen molar-refractivity contribution in [2.24, 2.45) is 4.99 Å².